The fourth-order valence-corrected chi connectivity index (χ4v) is 1.98. The van der Waals surface area contributed by atoms with E-state index in [1.54, 1.807) is 6.07 Å². The van der Waals surface area contributed by atoms with Crippen molar-refractivity contribution in [3.8, 4) is 11.4 Å². The molecule has 3 nitrogen and oxygen atoms in total. The Balaban J connectivity index is 1.80. The lowest BCUT2D eigenvalue weighted by Gasteiger charge is -2.03. The van der Waals surface area contributed by atoms with E-state index >= 15 is 0 Å². The summed E-state index contributed by atoms with van der Waals surface area (Å²) in [6, 6.07) is 5.44. The quantitative estimate of drug-likeness (QED) is 0.869. The predicted octanol–water partition coefficient (Wildman–Crippen LogP) is 2.78. The van der Waals surface area contributed by atoms with Gasteiger partial charge in [0.05, 0.1) is 0 Å². The first-order valence-electron chi connectivity index (χ1n) is 6.26. The normalized spacial score (nSPS) is 15.0. The van der Waals surface area contributed by atoms with Gasteiger partial charge in [-0.2, -0.15) is 0 Å². The Bertz CT molecular complexity index is 558. The van der Waals surface area contributed by atoms with E-state index < -0.39 is 0 Å². The van der Waals surface area contributed by atoms with Crippen LogP contribution >= 0.6 is 0 Å². The highest BCUT2D eigenvalue weighted by Gasteiger charge is 2.20. The molecule has 0 unspecified atom stereocenters. The van der Waals surface area contributed by atoms with Gasteiger partial charge < -0.3 is 10.3 Å². The molecule has 2 N–H and O–H groups in total. The van der Waals surface area contributed by atoms with Crippen molar-refractivity contribution in [2.24, 2.45) is 0 Å². The molecule has 0 spiro atoms. The molecule has 1 saturated carbocycles. The summed E-state index contributed by atoms with van der Waals surface area (Å²) in [6.45, 7) is 2.76. The third-order valence-corrected chi connectivity index (χ3v) is 3.24. The second-order valence-corrected chi connectivity index (χ2v) is 4.87. The van der Waals surface area contributed by atoms with Gasteiger partial charge in [-0.1, -0.05) is 6.07 Å². The lowest BCUT2D eigenvalue weighted by molar-refractivity contribution is 0.627. The Morgan fingerprint density at radius 2 is 2.28 bits per heavy atom. The SMILES string of the molecule is Cc1ccc(F)cc1-c1ncc(CNC2CC2)[nH]1. The molecule has 0 saturated heterocycles. The molecule has 0 amide bonds. The molecular weight excluding hydrogens is 229 g/mol. The molecule has 94 valence electrons. The second kappa shape index (κ2) is 4.53. The van der Waals surface area contributed by atoms with Crippen molar-refractivity contribution < 1.29 is 4.39 Å². The molecule has 2 aromatic rings. The Morgan fingerprint density at radius 1 is 1.44 bits per heavy atom. The first kappa shape index (κ1) is 11.4. The lowest BCUT2D eigenvalue weighted by Crippen LogP contribution is -2.15. The molecule has 1 aromatic carbocycles. The van der Waals surface area contributed by atoms with E-state index in [9.17, 15) is 4.39 Å². The number of hydrogen-bond acceptors (Lipinski definition) is 2. The number of rotatable bonds is 4. The van der Waals surface area contributed by atoms with E-state index in [1.165, 1.54) is 25.0 Å². The van der Waals surface area contributed by atoms with Crippen molar-refractivity contribution in [3.05, 3.63) is 41.5 Å². The smallest absolute Gasteiger partial charge is 0.137 e. The highest BCUT2D eigenvalue weighted by molar-refractivity contribution is 5.60. The number of imidazole rings is 1. The van der Waals surface area contributed by atoms with Crippen molar-refractivity contribution in [2.75, 3.05) is 0 Å². The number of nitrogens with zero attached hydrogens (tertiary/aromatic N) is 1. The number of benzene rings is 1. The zero-order valence-corrected chi connectivity index (χ0v) is 10.3. The summed E-state index contributed by atoms with van der Waals surface area (Å²) in [5.74, 6) is 0.504. The molecule has 0 radical (unpaired) electrons. The van der Waals surface area contributed by atoms with Gasteiger partial charge in [-0.05, 0) is 37.5 Å². The van der Waals surface area contributed by atoms with Gasteiger partial charge in [-0.3, -0.25) is 0 Å². The van der Waals surface area contributed by atoms with Crippen molar-refractivity contribution in [3.63, 3.8) is 0 Å². The minimum atomic E-state index is -0.232. The van der Waals surface area contributed by atoms with Gasteiger partial charge >= 0.3 is 0 Å². The molecular formula is C14H16FN3. The maximum absolute atomic E-state index is 13.2. The van der Waals surface area contributed by atoms with Crippen molar-refractivity contribution in [1.29, 1.82) is 0 Å². The zero-order chi connectivity index (χ0) is 12.5. The monoisotopic (exact) mass is 245 g/mol. The maximum atomic E-state index is 13.2. The molecule has 3 rings (SSSR count). The van der Waals surface area contributed by atoms with Gasteiger partial charge in [-0.15, -0.1) is 0 Å². The Kier molecular flexibility index (Phi) is 2.88. The van der Waals surface area contributed by atoms with E-state index in [-0.39, 0.29) is 5.82 Å². The largest absolute Gasteiger partial charge is 0.341 e. The molecule has 1 fully saturated rings. The number of aromatic nitrogens is 2. The molecule has 18 heavy (non-hydrogen) atoms. The average Bonchev–Trinajstić information content (AvgIpc) is 3.08. The van der Waals surface area contributed by atoms with E-state index in [2.05, 4.69) is 15.3 Å². The molecule has 0 atom stereocenters. The van der Waals surface area contributed by atoms with Crippen LogP contribution in [0.5, 0.6) is 0 Å². The summed E-state index contributed by atoms with van der Waals surface area (Å²) >= 11 is 0. The number of hydrogen-bond donors (Lipinski definition) is 2. The number of halogens is 1. The summed E-state index contributed by atoms with van der Waals surface area (Å²) in [5.41, 5.74) is 2.89. The van der Waals surface area contributed by atoms with Gasteiger partial charge in [0, 0.05) is 30.0 Å². The Hall–Kier alpha value is -1.68. The highest BCUT2D eigenvalue weighted by atomic mass is 19.1. The summed E-state index contributed by atoms with van der Waals surface area (Å²) in [6.07, 6.45) is 4.35. The van der Waals surface area contributed by atoms with Crippen LogP contribution in [0.3, 0.4) is 0 Å². The minimum Gasteiger partial charge on any atom is -0.341 e. The number of nitrogens with one attached hydrogen (secondary N) is 2. The lowest BCUT2D eigenvalue weighted by atomic mass is 10.1. The van der Waals surface area contributed by atoms with Gasteiger partial charge in [0.2, 0.25) is 0 Å². The van der Waals surface area contributed by atoms with Crippen LogP contribution in [-0.2, 0) is 6.54 Å². The molecule has 0 aliphatic heterocycles. The molecule has 0 bridgehead atoms. The van der Waals surface area contributed by atoms with Crippen LogP contribution < -0.4 is 5.32 Å². The number of aromatic amines is 1. The molecule has 1 aliphatic rings. The molecule has 4 heteroatoms. The third-order valence-electron chi connectivity index (χ3n) is 3.24. The molecule has 1 aliphatic carbocycles. The van der Waals surface area contributed by atoms with E-state index in [1.807, 2.05) is 13.1 Å². The molecule has 1 aromatic heterocycles. The average molecular weight is 245 g/mol. The van der Waals surface area contributed by atoms with Crippen LogP contribution in [0.25, 0.3) is 11.4 Å². The van der Waals surface area contributed by atoms with Crippen LogP contribution in [0.4, 0.5) is 4.39 Å². The van der Waals surface area contributed by atoms with Crippen molar-refractivity contribution in [1.82, 2.24) is 15.3 Å². The highest BCUT2D eigenvalue weighted by Crippen LogP contribution is 2.22. The van der Waals surface area contributed by atoms with Crippen molar-refractivity contribution in [2.45, 2.75) is 32.4 Å². The Labute approximate surface area is 105 Å². The fraction of sp³-hybridized carbons (Fsp3) is 0.357. The fourth-order valence-electron chi connectivity index (χ4n) is 1.98. The Morgan fingerprint density at radius 3 is 3.06 bits per heavy atom. The van der Waals surface area contributed by atoms with Gasteiger partial charge in [0.1, 0.15) is 11.6 Å². The second-order valence-electron chi connectivity index (χ2n) is 4.87. The maximum Gasteiger partial charge on any atom is 0.137 e. The van der Waals surface area contributed by atoms with E-state index in [0.29, 0.717) is 6.04 Å². The number of aryl methyl sites for hydroxylation is 1. The summed E-state index contributed by atoms with van der Waals surface area (Å²) in [7, 11) is 0. The van der Waals surface area contributed by atoms with Crippen LogP contribution in [0.15, 0.2) is 24.4 Å². The van der Waals surface area contributed by atoms with E-state index in [4.69, 9.17) is 0 Å². The minimum absolute atomic E-state index is 0.232. The van der Waals surface area contributed by atoms with Crippen LogP contribution in [-0.4, -0.2) is 16.0 Å². The van der Waals surface area contributed by atoms with E-state index in [0.717, 1.165) is 29.2 Å². The van der Waals surface area contributed by atoms with Gasteiger partial charge in [0.15, 0.2) is 0 Å². The standard InChI is InChI=1S/C14H16FN3/c1-9-2-3-10(15)6-13(9)14-17-8-12(18-14)7-16-11-4-5-11/h2-3,6,8,11,16H,4-5,7H2,1H3,(H,17,18). The topological polar surface area (TPSA) is 40.7 Å². The zero-order valence-electron chi connectivity index (χ0n) is 10.3. The van der Waals surface area contributed by atoms with Crippen LogP contribution in [0.1, 0.15) is 24.1 Å². The van der Waals surface area contributed by atoms with Crippen molar-refractivity contribution >= 4 is 0 Å². The van der Waals surface area contributed by atoms with Gasteiger partial charge in [-0.25, -0.2) is 9.37 Å². The summed E-state index contributed by atoms with van der Waals surface area (Å²) in [4.78, 5) is 7.56. The van der Waals surface area contributed by atoms with Gasteiger partial charge in [0.25, 0.3) is 0 Å². The summed E-state index contributed by atoms with van der Waals surface area (Å²) < 4.78 is 13.2. The molecule has 1 heterocycles. The first-order chi connectivity index (χ1) is 8.72. The first-order valence-corrected chi connectivity index (χ1v) is 6.26. The summed E-state index contributed by atoms with van der Waals surface area (Å²) in [5, 5.41) is 3.42. The predicted molar refractivity (Wildman–Crippen MR) is 68.6 cm³/mol. The number of H-pyrrole nitrogens is 1. The van der Waals surface area contributed by atoms with Crippen LogP contribution in [0.2, 0.25) is 0 Å². The third kappa shape index (κ3) is 2.43. The van der Waals surface area contributed by atoms with Crippen LogP contribution in [0, 0.1) is 12.7 Å².